The Hall–Kier alpha value is -2.96. The molecule has 1 fully saturated rings. The second-order valence-corrected chi connectivity index (χ2v) is 8.78. The number of carboxylic acids is 1. The SMILES string of the molecule is Cc1ccccc1-c1nc(CO[C@H]2CCC[C@@H](OCc3cccc(C)c3C(=O)O)C2)c(C)o1. The van der Waals surface area contributed by atoms with Crippen LogP contribution >= 0.6 is 0 Å². The first-order valence-electron chi connectivity index (χ1n) is 11.5. The van der Waals surface area contributed by atoms with Crippen LogP contribution in [-0.2, 0) is 22.7 Å². The maximum atomic E-state index is 11.6. The molecule has 0 spiro atoms. The van der Waals surface area contributed by atoms with Gasteiger partial charge in [-0.3, -0.25) is 0 Å². The van der Waals surface area contributed by atoms with Crippen LogP contribution in [0.15, 0.2) is 46.9 Å². The molecule has 2 aromatic carbocycles. The van der Waals surface area contributed by atoms with Crippen molar-refractivity contribution in [1.82, 2.24) is 4.98 Å². The summed E-state index contributed by atoms with van der Waals surface area (Å²) in [4.78, 5) is 16.3. The minimum atomic E-state index is -0.912. The van der Waals surface area contributed by atoms with Gasteiger partial charge >= 0.3 is 5.97 Å². The van der Waals surface area contributed by atoms with Crippen molar-refractivity contribution in [2.24, 2.45) is 0 Å². The van der Waals surface area contributed by atoms with Gasteiger partial charge in [0.25, 0.3) is 0 Å². The van der Waals surface area contributed by atoms with Gasteiger partial charge in [0, 0.05) is 5.56 Å². The monoisotopic (exact) mass is 449 g/mol. The number of hydrogen-bond acceptors (Lipinski definition) is 5. The second kappa shape index (κ2) is 10.3. The van der Waals surface area contributed by atoms with Crippen molar-refractivity contribution in [2.45, 2.75) is 71.9 Å². The van der Waals surface area contributed by atoms with E-state index in [1.165, 1.54) is 0 Å². The highest BCUT2D eigenvalue weighted by Crippen LogP contribution is 2.28. The minimum Gasteiger partial charge on any atom is -0.478 e. The van der Waals surface area contributed by atoms with Gasteiger partial charge in [0.15, 0.2) is 0 Å². The van der Waals surface area contributed by atoms with Crippen molar-refractivity contribution >= 4 is 5.97 Å². The number of benzene rings is 2. The Balaban J connectivity index is 1.34. The van der Waals surface area contributed by atoms with Gasteiger partial charge in [0.2, 0.25) is 5.89 Å². The number of carbonyl (C=O) groups is 1. The molecule has 1 N–H and O–H groups in total. The fourth-order valence-electron chi connectivity index (χ4n) is 4.45. The van der Waals surface area contributed by atoms with Gasteiger partial charge in [-0.25, -0.2) is 9.78 Å². The molecule has 0 unspecified atom stereocenters. The highest BCUT2D eigenvalue weighted by molar-refractivity contribution is 5.91. The molecule has 0 aliphatic heterocycles. The van der Waals surface area contributed by atoms with Crippen LogP contribution in [0.4, 0.5) is 0 Å². The normalized spacial score (nSPS) is 18.4. The first-order chi connectivity index (χ1) is 15.9. The number of oxazole rings is 1. The van der Waals surface area contributed by atoms with Crippen LogP contribution in [0.2, 0.25) is 0 Å². The molecule has 6 nitrogen and oxygen atoms in total. The largest absolute Gasteiger partial charge is 0.478 e. The van der Waals surface area contributed by atoms with E-state index >= 15 is 0 Å². The molecule has 2 atom stereocenters. The Morgan fingerprint density at radius 1 is 1.00 bits per heavy atom. The fourth-order valence-corrected chi connectivity index (χ4v) is 4.45. The lowest BCUT2D eigenvalue weighted by Crippen LogP contribution is -2.28. The summed E-state index contributed by atoms with van der Waals surface area (Å²) in [5, 5.41) is 9.53. The zero-order chi connectivity index (χ0) is 23.4. The van der Waals surface area contributed by atoms with Gasteiger partial charge < -0.3 is 19.0 Å². The molecule has 33 heavy (non-hydrogen) atoms. The van der Waals surface area contributed by atoms with E-state index in [1.54, 1.807) is 0 Å². The fraction of sp³-hybridized carbons (Fsp3) is 0.407. The molecule has 1 aliphatic carbocycles. The van der Waals surface area contributed by atoms with Gasteiger partial charge in [0.1, 0.15) is 11.5 Å². The summed E-state index contributed by atoms with van der Waals surface area (Å²) >= 11 is 0. The predicted molar refractivity (Wildman–Crippen MR) is 125 cm³/mol. The molecule has 1 heterocycles. The number of nitrogens with zero attached hydrogens (tertiary/aromatic N) is 1. The van der Waals surface area contributed by atoms with Crippen molar-refractivity contribution in [2.75, 3.05) is 0 Å². The van der Waals surface area contributed by atoms with Crippen LogP contribution in [-0.4, -0.2) is 28.3 Å². The predicted octanol–water partition coefficient (Wildman–Crippen LogP) is 6.01. The Labute approximate surface area is 194 Å². The topological polar surface area (TPSA) is 81.8 Å². The van der Waals surface area contributed by atoms with Crippen molar-refractivity contribution in [3.05, 3.63) is 76.2 Å². The van der Waals surface area contributed by atoms with Gasteiger partial charge in [-0.1, -0.05) is 36.4 Å². The maximum Gasteiger partial charge on any atom is 0.336 e. The average molecular weight is 450 g/mol. The molecule has 1 aliphatic rings. The smallest absolute Gasteiger partial charge is 0.336 e. The van der Waals surface area contributed by atoms with Crippen LogP contribution in [0.1, 0.15) is 64.2 Å². The third kappa shape index (κ3) is 5.52. The Kier molecular flexibility index (Phi) is 7.26. The highest BCUT2D eigenvalue weighted by Gasteiger charge is 2.25. The quantitative estimate of drug-likeness (QED) is 0.453. The zero-order valence-corrected chi connectivity index (χ0v) is 19.5. The standard InChI is InChI=1S/C27H31NO5/c1-17-8-4-5-13-23(17)26-28-24(19(3)33-26)16-32-22-12-7-11-21(14-22)31-15-20-10-6-9-18(2)25(20)27(29)30/h4-6,8-10,13,21-22H,7,11-12,14-16H2,1-3H3,(H,29,30)/t21-,22+/m1/s1. The van der Waals surface area contributed by atoms with Crippen LogP contribution < -0.4 is 0 Å². The molecular formula is C27H31NO5. The highest BCUT2D eigenvalue weighted by atomic mass is 16.5. The van der Waals surface area contributed by atoms with E-state index in [2.05, 4.69) is 4.98 Å². The summed E-state index contributed by atoms with van der Waals surface area (Å²) in [7, 11) is 0. The van der Waals surface area contributed by atoms with Gasteiger partial charge in [0.05, 0.1) is 31.0 Å². The second-order valence-electron chi connectivity index (χ2n) is 8.78. The Morgan fingerprint density at radius 2 is 1.70 bits per heavy atom. The molecule has 1 aromatic heterocycles. The van der Waals surface area contributed by atoms with Crippen molar-refractivity contribution in [3.8, 4) is 11.5 Å². The Bertz CT molecular complexity index is 1120. The van der Waals surface area contributed by atoms with E-state index < -0.39 is 5.97 Å². The lowest BCUT2D eigenvalue weighted by molar-refractivity contribution is -0.0564. The van der Waals surface area contributed by atoms with E-state index in [0.717, 1.165) is 53.8 Å². The lowest BCUT2D eigenvalue weighted by atomic mass is 9.94. The van der Waals surface area contributed by atoms with Gasteiger partial charge in [-0.05, 0) is 69.2 Å². The first-order valence-corrected chi connectivity index (χ1v) is 11.5. The molecule has 3 aromatic rings. The van der Waals surface area contributed by atoms with Crippen molar-refractivity contribution in [3.63, 3.8) is 0 Å². The molecule has 1 saturated carbocycles. The number of carboxylic acid groups (broad SMARTS) is 1. The number of aryl methyl sites for hydroxylation is 3. The minimum absolute atomic E-state index is 0.0480. The van der Waals surface area contributed by atoms with Crippen LogP contribution in [0, 0.1) is 20.8 Å². The molecule has 6 heteroatoms. The summed E-state index contributed by atoms with van der Waals surface area (Å²) in [6.45, 7) is 6.47. The van der Waals surface area contributed by atoms with E-state index in [0.29, 0.717) is 30.2 Å². The summed E-state index contributed by atoms with van der Waals surface area (Å²) < 4.78 is 18.2. The molecule has 174 valence electrons. The van der Waals surface area contributed by atoms with Crippen LogP contribution in [0.3, 0.4) is 0 Å². The summed E-state index contributed by atoms with van der Waals surface area (Å²) in [5.74, 6) is 0.489. The molecule has 4 rings (SSSR count). The van der Waals surface area contributed by atoms with Crippen LogP contribution in [0.5, 0.6) is 0 Å². The number of aromatic carboxylic acids is 1. The molecule has 0 saturated heterocycles. The average Bonchev–Trinajstić information content (AvgIpc) is 3.17. The summed E-state index contributed by atoms with van der Waals surface area (Å²) in [6, 6.07) is 13.6. The van der Waals surface area contributed by atoms with E-state index in [4.69, 9.17) is 13.9 Å². The maximum absolute atomic E-state index is 11.6. The summed E-state index contributed by atoms with van der Waals surface area (Å²) in [6.07, 6.45) is 3.86. The van der Waals surface area contributed by atoms with Crippen LogP contribution in [0.25, 0.3) is 11.5 Å². The zero-order valence-electron chi connectivity index (χ0n) is 19.5. The van der Waals surface area contributed by atoms with E-state index in [9.17, 15) is 9.90 Å². The molecule has 0 radical (unpaired) electrons. The van der Waals surface area contributed by atoms with E-state index in [1.807, 2.05) is 63.2 Å². The van der Waals surface area contributed by atoms with Gasteiger partial charge in [-0.2, -0.15) is 0 Å². The molecular weight excluding hydrogens is 418 g/mol. The molecule has 0 bridgehead atoms. The first kappa shape index (κ1) is 23.2. The molecule has 0 amide bonds. The third-order valence-electron chi connectivity index (χ3n) is 6.35. The third-order valence-corrected chi connectivity index (χ3v) is 6.35. The number of rotatable bonds is 8. The van der Waals surface area contributed by atoms with E-state index in [-0.39, 0.29) is 12.2 Å². The van der Waals surface area contributed by atoms with Crippen molar-refractivity contribution < 1.29 is 23.8 Å². The summed E-state index contributed by atoms with van der Waals surface area (Å²) in [5.41, 5.74) is 4.75. The number of ether oxygens (including phenoxy) is 2. The van der Waals surface area contributed by atoms with Gasteiger partial charge in [-0.15, -0.1) is 0 Å². The lowest BCUT2D eigenvalue weighted by Gasteiger charge is -2.29. The number of aromatic nitrogens is 1. The number of hydrogen-bond donors (Lipinski definition) is 1. The van der Waals surface area contributed by atoms with Crippen molar-refractivity contribution in [1.29, 1.82) is 0 Å². The Morgan fingerprint density at radius 3 is 2.42 bits per heavy atom.